The van der Waals surface area contributed by atoms with Gasteiger partial charge in [0.2, 0.25) is 11.7 Å². The molecule has 4 aliphatic rings. The number of H-pyrrole nitrogens is 1. The molecule has 2 atom stereocenters. The molecule has 0 aromatic carbocycles. The Bertz CT molecular complexity index is 1080. The number of hydrogen-bond donors (Lipinski definition) is 5. The Morgan fingerprint density at radius 1 is 1.23 bits per heavy atom. The molecule has 3 aromatic heterocycles. The Labute approximate surface area is 179 Å². The van der Waals surface area contributed by atoms with Gasteiger partial charge in [-0.1, -0.05) is 5.16 Å². The fourth-order valence-corrected chi connectivity index (χ4v) is 6.43. The van der Waals surface area contributed by atoms with Gasteiger partial charge in [0.25, 0.3) is 0 Å². The van der Waals surface area contributed by atoms with E-state index in [1.807, 2.05) is 12.3 Å². The van der Waals surface area contributed by atoms with E-state index in [0.717, 1.165) is 41.5 Å². The number of aliphatic hydroxyl groups excluding tert-OH is 1. The van der Waals surface area contributed by atoms with Crippen molar-refractivity contribution in [1.29, 1.82) is 0 Å². The minimum atomic E-state index is -0.455. The summed E-state index contributed by atoms with van der Waals surface area (Å²) in [6.45, 7) is 0.935. The van der Waals surface area contributed by atoms with Crippen molar-refractivity contribution >= 4 is 16.7 Å². The average Bonchev–Trinajstić information content (AvgIpc) is 3.39. The van der Waals surface area contributed by atoms with E-state index in [4.69, 9.17) is 9.63 Å². The van der Waals surface area contributed by atoms with Gasteiger partial charge in [-0.2, -0.15) is 4.98 Å². The molecule has 4 bridgehead atoms. The molecule has 4 fully saturated rings. The minimum Gasteiger partial charge on any atom is -0.395 e. The van der Waals surface area contributed by atoms with Crippen molar-refractivity contribution < 1.29 is 14.7 Å². The molecule has 0 aliphatic heterocycles. The second-order valence-electron chi connectivity index (χ2n) is 9.56. The topological polar surface area (TPSA) is 132 Å². The summed E-state index contributed by atoms with van der Waals surface area (Å²) in [5.74, 6) is 2.60. The smallest absolute Gasteiger partial charge is 0.240 e. The maximum atomic E-state index is 11.0. The van der Waals surface area contributed by atoms with Gasteiger partial charge in [-0.15, -0.1) is 0 Å². The highest BCUT2D eigenvalue weighted by molar-refractivity contribution is 5.97. The second-order valence-corrected chi connectivity index (χ2v) is 9.56. The van der Waals surface area contributed by atoms with Crippen LogP contribution in [0.5, 0.6) is 0 Å². The number of nitrogens with zero attached hydrogens (tertiary/aromatic N) is 3. The zero-order chi connectivity index (χ0) is 21.0. The van der Waals surface area contributed by atoms with E-state index in [2.05, 4.69) is 30.7 Å². The molecule has 164 valence electrons. The number of aliphatic hydroxyl groups is 2. The van der Waals surface area contributed by atoms with Gasteiger partial charge in [-0.25, -0.2) is 4.98 Å². The molecule has 2 unspecified atom stereocenters. The molecule has 9 heteroatoms. The largest absolute Gasteiger partial charge is 0.395 e. The number of pyridine rings is 1. The van der Waals surface area contributed by atoms with Crippen molar-refractivity contribution in [3.05, 3.63) is 24.4 Å². The molecule has 3 aromatic rings. The van der Waals surface area contributed by atoms with Crippen molar-refractivity contribution in [2.45, 2.75) is 50.3 Å². The molecule has 9 nitrogen and oxygen atoms in total. The quantitative estimate of drug-likeness (QED) is 0.364. The highest BCUT2D eigenvalue weighted by atomic mass is 16.5. The minimum absolute atomic E-state index is 0.0584. The molecule has 3 heterocycles. The molecular formula is C22H28N6O3. The second kappa shape index (κ2) is 7.29. The van der Waals surface area contributed by atoms with Crippen molar-refractivity contribution in [2.75, 3.05) is 18.5 Å². The van der Waals surface area contributed by atoms with Gasteiger partial charge in [0.05, 0.1) is 30.0 Å². The van der Waals surface area contributed by atoms with Crippen molar-refractivity contribution in [3.8, 4) is 11.4 Å². The number of aromatic nitrogens is 4. The van der Waals surface area contributed by atoms with Crippen LogP contribution in [-0.4, -0.2) is 55.1 Å². The van der Waals surface area contributed by atoms with E-state index in [0.29, 0.717) is 48.6 Å². The van der Waals surface area contributed by atoms with Crippen molar-refractivity contribution in [1.82, 2.24) is 25.4 Å². The zero-order valence-electron chi connectivity index (χ0n) is 17.3. The monoisotopic (exact) mass is 424 g/mol. The van der Waals surface area contributed by atoms with Crippen LogP contribution in [0, 0.1) is 17.8 Å². The average molecular weight is 425 g/mol. The van der Waals surface area contributed by atoms with Gasteiger partial charge in [0.15, 0.2) is 0 Å². The Balaban J connectivity index is 1.33. The molecule has 7 rings (SSSR count). The number of nitrogens with one attached hydrogen (secondary N) is 3. The molecule has 0 spiro atoms. The van der Waals surface area contributed by atoms with E-state index in [9.17, 15) is 5.11 Å². The summed E-state index contributed by atoms with van der Waals surface area (Å²) in [5.41, 5.74) is 2.16. The van der Waals surface area contributed by atoms with E-state index < -0.39 is 5.60 Å². The van der Waals surface area contributed by atoms with Gasteiger partial charge in [0.1, 0.15) is 5.65 Å². The van der Waals surface area contributed by atoms with Gasteiger partial charge < -0.3 is 30.4 Å². The molecule has 31 heavy (non-hydrogen) atoms. The number of rotatable bonds is 7. The third kappa shape index (κ3) is 3.31. The van der Waals surface area contributed by atoms with Gasteiger partial charge in [-0.05, 0) is 55.9 Å². The number of fused-ring (bicyclic) bond motifs is 1. The lowest BCUT2D eigenvalue weighted by Crippen LogP contribution is -2.59. The lowest BCUT2D eigenvalue weighted by atomic mass is 9.52. The number of hydrogen-bond acceptors (Lipinski definition) is 8. The van der Waals surface area contributed by atoms with Crippen molar-refractivity contribution in [3.63, 3.8) is 0 Å². The highest BCUT2D eigenvalue weighted by Crippen LogP contribution is 2.56. The molecule has 5 N–H and O–H groups in total. The molecule has 4 saturated carbocycles. The van der Waals surface area contributed by atoms with Crippen LogP contribution in [0.3, 0.4) is 0 Å². The first-order valence-electron chi connectivity index (χ1n) is 11.2. The molecular weight excluding hydrogens is 396 g/mol. The van der Waals surface area contributed by atoms with E-state index >= 15 is 0 Å². The lowest BCUT2D eigenvalue weighted by Gasteiger charge is -2.58. The van der Waals surface area contributed by atoms with Crippen LogP contribution in [0.15, 0.2) is 23.0 Å². The fraction of sp³-hybridized carbons (Fsp3) is 0.591. The van der Waals surface area contributed by atoms with Gasteiger partial charge in [-0.3, -0.25) is 0 Å². The summed E-state index contributed by atoms with van der Waals surface area (Å²) in [7, 11) is 0. The Hall–Kier alpha value is -2.49. The summed E-state index contributed by atoms with van der Waals surface area (Å²) in [5, 5.41) is 32.0. The SMILES string of the molecule is OCCNCc1nc(-c2cnc3[nH]ccc3c2NC2C3CC4CC2CC(O)(C4)C3)no1. The summed E-state index contributed by atoms with van der Waals surface area (Å²) < 4.78 is 5.41. The first-order valence-corrected chi connectivity index (χ1v) is 11.2. The van der Waals surface area contributed by atoms with E-state index in [1.165, 1.54) is 12.8 Å². The van der Waals surface area contributed by atoms with Crippen LogP contribution in [0.4, 0.5) is 5.69 Å². The highest BCUT2D eigenvalue weighted by Gasteiger charge is 2.54. The fourth-order valence-electron chi connectivity index (χ4n) is 6.43. The van der Waals surface area contributed by atoms with Gasteiger partial charge in [0, 0.05) is 30.4 Å². The van der Waals surface area contributed by atoms with Crippen molar-refractivity contribution in [2.24, 2.45) is 17.8 Å². The molecule has 4 aliphatic carbocycles. The molecule has 0 amide bonds. The first kappa shape index (κ1) is 19.2. The Morgan fingerprint density at radius 3 is 2.84 bits per heavy atom. The first-order chi connectivity index (χ1) is 15.1. The summed E-state index contributed by atoms with van der Waals surface area (Å²) in [6, 6.07) is 2.36. The molecule has 0 radical (unpaired) electrons. The van der Waals surface area contributed by atoms with Crippen LogP contribution < -0.4 is 10.6 Å². The summed E-state index contributed by atoms with van der Waals surface area (Å²) >= 11 is 0. The van der Waals surface area contributed by atoms with E-state index in [1.54, 1.807) is 6.20 Å². The summed E-state index contributed by atoms with van der Waals surface area (Å²) in [6.07, 6.45) is 8.82. The Kier molecular flexibility index (Phi) is 4.52. The third-order valence-corrected chi connectivity index (χ3v) is 7.41. The zero-order valence-corrected chi connectivity index (χ0v) is 17.3. The van der Waals surface area contributed by atoms with Crippen LogP contribution in [0.1, 0.15) is 38.0 Å². The number of aromatic amines is 1. The van der Waals surface area contributed by atoms with Crippen LogP contribution in [0.2, 0.25) is 0 Å². The van der Waals surface area contributed by atoms with Gasteiger partial charge >= 0.3 is 0 Å². The lowest BCUT2D eigenvalue weighted by molar-refractivity contribution is -0.129. The molecule has 0 saturated heterocycles. The third-order valence-electron chi connectivity index (χ3n) is 7.41. The number of anilines is 1. The van der Waals surface area contributed by atoms with Crippen LogP contribution in [-0.2, 0) is 6.54 Å². The maximum absolute atomic E-state index is 11.0. The summed E-state index contributed by atoms with van der Waals surface area (Å²) in [4.78, 5) is 12.3. The Morgan fingerprint density at radius 2 is 2.06 bits per heavy atom. The predicted molar refractivity (Wildman–Crippen MR) is 114 cm³/mol. The van der Waals surface area contributed by atoms with Crippen LogP contribution in [0.25, 0.3) is 22.4 Å². The predicted octanol–water partition coefficient (Wildman–Crippen LogP) is 2.05. The maximum Gasteiger partial charge on any atom is 0.240 e. The standard InChI is InChI=1S/C22H28N6O3/c29-4-3-23-11-17-26-21(28-31-17)16-10-25-20-15(1-2-24-20)19(16)27-18-13-5-12-6-14(18)9-22(30,7-12)8-13/h1-2,10,12-14,18,23,29-30H,3-9,11H2,(H2,24,25,27). The van der Waals surface area contributed by atoms with E-state index in [-0.39, 0.29) is 6.61 Å². The van der Waals surface area contributed by atoms with Crippen LogP contribution >= 0.6 is 0 Å². The normalized spacial score (nSPS) is 31.5.